The Morgan fingerprint density at radius 2 is 1.94 bits per heavy atom. The highest BCUT2D eigenvalue weighted by Gasteiger charge is 2.14. The third kappa shape index (κ3) is 4.75. The van der Waals surface area contributed by atoms with Gasteiger partial charge in [-0.1, -0.05) is 12.1 Å². The summed E-state index contributed by atoms with van der Waals surface area (Å²) >= 11 is 0. The Morgan fingerprint density at radius 3 is 2.71 bits per heavy atom. The largest absolute Gasteiger partial charge is 0.494 e. The summed E-state index contributed by atoms with van der Waals surface area (Å²) in [6.45, 7) is 1.42. The van der Waals surface area contributed by atoms with Gasteiger partial charge in [-0.2, -0.15) is 0 Å². The molecule has 2 aromatic heterocycles. The second kappa shape index (κ2) is 9.01. The molecule has 0 aliphatic heterocycles. The van der Waals surface area contributed by atoms with Gasteiger partial charge in [-0.3, -0.25) is 14.2 Å². The lowest BCUT2D eigenvalue weighted by Crippen LogP contribution is -2.27. The molecule has 0 unspecified atom stereocenters. The van der Waals surface area contributed by atoms with E-state index < -0.39 is 5.56 Å². The summed E-state index contributed by atoms with van der Waals surface area (Å²) in [5.74, 6) is 0.409. The van der Waals surface area contributed by atoms with Crippen molar-refractivity contribution >= 4 is 33.7 Å². The summed E-state index contributed by atoms with van der Waals surface area (Å²) in [7, 11) is 4.05. The van der Waals surface area contributed by atoms with E-state index in [1.165, 1.54) is 10.9 Å². The molecule has 2 heterocycles. The maximum Gasteiger partial charge on any atom is 0.297 e. The molecular weight excluding hydrogens is 396 g/mol. The van der Waals surface area contributed by atoms with E-state index in [-0.39, 0.29) is 18.0 Å². The van der Waals surface area contributed by atoms with Crippen LogP contribution < -0.4 is 15.6 Å². The molecule has 1 amide bonds. The van der Waals surface area contributed by atoms with Crippen molar-refractivity contribution in [3.8, 4) is 5.75 Å². The smallest absolute Gasteiger partial charge is 0.297 e. The molecule has 0 fully saturated rings. The zero-order chi connectivity index (χ0) is 21.8. The molecule has 0 radical (unpaired) electrons. The third-order valence-electron chi connectivity index (χ3n) is 4.82. The molecule has 0 aliphatic rings. The molecule has 0 bridgehead atoms. The Bertz CT molecular complexity index is 1260. The number of rotatable bonds is 8. The van der Waals surface area contributed by atoms with Crippen LogP contribution in [-0.4, -0.2) is 47.6 Å². The lowest BCUT2D eigenvalue weighted by Gasteiger charge is -2.11. The zero-order valence-corrected chi connectivity index (χ0v) is 17.5. The fourth-order valence-electron chi connectivity index (χ4n) is 3.29. The maximum absolute atomic E-state index is 12.7. The highest BCUT2D eigenvalue weighted by molar-refractivity contribution is 6.01. The Hall–Kier alpha value is -3.65. The Balaban J connectivity index is 1.39. The monoisotopic (exact) mass is 420 g/mol. The van der Waals surface area contributed by atoms with Gasteiger partial charge in [0.1, 0.15) is 23.4 Å². The predicted molar refractivity (Wildman–Crippen MR) is 120 cm³/mol. The van der Waals surface area contributed by atoms with Gasteiger partial charge in [0, 0.05) is 17.6 Å². The van der Waals surface area contributed by atoms with E-state index in [4.69, 9.17) is 9.15 Å². The van der Waals surface area contributed by atoms with Crippen molar-refractivity contribution in [2.45, 2.75) is 13.0 Å². The van der Waals surface area contributed by atoms with E-state index in [2.05, 4.69) is 15.2 Å². The van der Waals surface area contributed by atoms with Gasteiger partial charge in [0.2, 0.25) is 11.5 Å². The minimum atomic E-state index is -0.391. The van der Waals surface area contributed by atoms with Gasteiger partial charge in [-0.05, 0) is 56.9 Å². The quantitative estimate of drug-likeness (QED) is 0.441. The molecule has 0 spiro atoms. The van der Waals surface area contributed by atoms with Gasteiger partial charge in [-0.25, -0.2) is 4.98 Å². The number of fused-ring (bicyclic) bond motifs is 3. The van der Waals surface area contributed by atoms with Crippen molar-refractivity contribution in [1.82, 2.24) is 14.5 Å². The maximum atomic E-state index is 12.7. The number of anilines is 1. The summed E-state index contributed by atoms with van der Waals surface area (Å²) in [4.78, 5) is 31.6. The fourth-order valence-corrected chi connectivity index (χ4v) is 3.29. The minimum Gasteiger partial charge on any atom is -0.494 e. The lowest BCUT2D eigenvalue weighted by atomic mass is 10.2. The molecule has 0 saturated carbocycles. The van der Waals surface area contributed by atoms with Crippen LogP contribution in [0.5, 0.6) is 5.75 Å². The highest BCUT2D eigenvalue weighted by Crippen LogP contribution is 2.24. The van der Waals surface area contributed by atoms with Crippen molar-refractivity contribution in [3.05, 3.63) is 65.2 Å². The second-order valence-corrected chi connectivity index (χ2v) is 7.53. The average molecular weight is 420 g/mol. The van der Waals surface area contributed by atoms with Crippen LogP contribution in [0.1, 0.15) is 6.42 Å². The number of nitrogens with one attached hydrogen (secondary N) is 1. The number of furan rings is 1. The number of ether oxygens (including phenoxy) is 1. The molecule has 4 aromatic rings. The van der Waals surface area contributed by atoms with E-state index in [1.807, 2.05) is 32.3 Å². The summed E-state index contributed by atoms with van der Waals surface area (Å²) in [6.07, 6.45) is 2.31. The molecule has 0 aliphatic carbocycles. The average Bonchev–Trinajstić information content (AvgIpc) is 3.14. The van der Waals surface area contributed by atoms with Crippen molar-refractivity contribution in [2.24, 2.45) is 0 Å². The number of carbonyl (C=O) groups excluding carboxylic acids is 1. The van der Waals surface area contributed by atoms with E-state index in [9.17, 15) is 9.59 Å². The highest BCUT2D eigenvalue weighted by atomic mass is 16.5. The molecular formula is C23H24N4O4. The van der Waals surface area contributed by atoms with Gasteiger partial charge in [0.05, 0.1) is 12.9 Å². The van der Waals surface area contributed by atoms with Crippen LogP contribution in [0.25, 0.3) is 22.1 Å². The molecule has 0 atom stereocenters. The standard InChI is InChI=1S/C23H24N4O4/c1-26(2)12-5-13-30-17-10-8-16(9-11-17)25-20(28)14-27-15-24-21-18-6-3-4-7-19(18)31-22(21)23(27)29/h3-4,6-11,15H,5,12-14H2,1-2H3,(H,25,28). The van der Waals surface area contributed by atoms with Gasteiger partial charge in [0.25, 0.3) is 5.56 Å². The molecule has 4 rings (SSSR count). The van der Waals surface area contributed by atoms with E-state index in [0.717, 1.165) is 24.1 Å². The van der Waals surface area contributed by atoms with Crippen LogP contribution in [0.4, 0.5) is 5.69 Å². The van der Waals surface area contributed by atoms with Crippen molar-refractivity contribution < 1.29 is 13.9 Å². The lowest BCUT2D eigenvalue weighted by molar-refractivity contribution is -0.116. The Labute approximate surface area is 179 Å². The first kappa shape index (κ1) is 20.6. The van der Waals surface area contributed by atoms with E-state index >= 15 is 0 Å². The summed E-state index contributed by atoms with van der Waals surface area (Å²) < 4.78 is 12.6. The van der Waals surface area contributed by atoms with Crippen molar-refractivity contribution in [3.63, 3.8) is 0 Å². The number of hydrogen-bond donors (Lipinski definition) is 1. The number of para-hydroxylation sites is 1. The molecule has 1 N–H and O–H groups in total. The zero-order valence-electron chi connectivity index (χ0n) is 17.5. The molecule has 160 valence electrons. The first-order valence-corrected chi connectivity index (χ1v) is 10.1. The second-order valence-electron chi connectivity index (χ2n) is 7.53. The first-order valence-electron chi connectivity index (χ1n) is 10.1. The van der Waals surface area contributed by atoms with Gasteiger partial charge < -0.3 is 19.4 Å². The molecule has 8 nitrogen and oxygen atoms in total. The number of amides is 1. The van der Waals surface area contributed by atoms with Gasteiger partial charge >= 0.3 is 0 Å². The molecule has 2 aromatic carbocycles. The Kier molecular flexibility index (Phi) is 5.99. The Morgan fingerprint density at radius 1 is 1.16 bits per heavy atom. The number of carbonyl (C=O) groups is 1. The van der Waals surface area contributed by atoms with Gasteiger partial charge in [-0.15, -0.1) is 0 Å². The number of benzene rings is 2. The molecule has 31 heavy (non-hydrogen) atoms. The van der Waals surface area contributed by atoms with Crippen molar-refractivity contribution in [2.75, 3.05) is 32.6 Å². The molecule has 8 heteroatoms. The van der Waals surface area contributed by atoms with E-state index in [1.54, 1.807) is 30.3 Å². The fraction of sp³-hybridized carbons (Fsp3) is 0.261. The minimum absolute atomic E-state index is 0.146. The first-order chi connectivity index (χ1) is 15.0. The summed E-state index contributed by atoms with van der Waals surface area (Å²) in [6, 6.07) is 14.5. The number of aromatic nitrogens is 2. The van der Waals surface area contributed by atoms with Crippen LogP contribution in [0, 0.1) is 0 Å². The predicted octanol–water partition coefficient (Wildman–Crippen LogP) is 3.11. The van der Waals surface area contributed by atoms with Crippen LogP contribution >= 0.6 is 0 Å². The SMILES string of the molecule is CN(C)CCCOc1ccc(NC(=O)Cn2cnc3c(oc4ccccc43)c2=O)cc1. The summed E-state index contributed by atoms with van der Waals surface area (Å²) in [5.41, 5.74) is 1.47. The van der Waals surface area contributed by atoms with Crippen LogP contribution in [-0.2, 0) is 11.3 Å². The van der Waals surface area contributed by atoms with Crippen LogP contribution in [0.15, 0.2) is 64.1 Å². The van der Waals surface area contributed by atoms with Crippen LogP contribution in [0.2, 0.25) is 0 Å². The normalized spacial score (nSPS) is 11.3. The van der Waals surface area contributed by atoms with Crippen molar-refractivity contribution in [1.29, 1.82) is 0 Å². The molecule has 0 saturated heterocycles. The topological polar surface area (TPSA) is 89.6 Å². The number of hydrogen-bond acceptors (Lipinski definition) is 6. The van der Waals surface area contributed by atoms with Gasteiger partial charge in [0.15, 0.2) is 0 Å². The van der Waals surface area contributed by atoms with Crippen LogP contribution in [0.3, 0.4) is 0 Å². The number of nitrogens with zero attached hydrogens (tertiary/aromatic N) is 3. The van der Waals surface area contributed by atoms with E-state index in [0.29, 0.717) is 23.4 Å². The summed E-state index contributed by atoms with van der Waals surface area (Å²) in [5, 5.41) is 3.56. The third-order valence-corrected chi connectivity index (χ3v) is 4.82.